The summed E-state index contributed by atoms with van der Waals surface area (Å²) >= 11 is 17.3. The molecule has 0 radical (unpaired) electrons. The first kappa shape index (κ1) is 19.7. The quantitative estimate of drug-likeness (QED) is 0.239. The van der Waals surface area contributed by atoms with Crippen LogP contribution in [0.25, 0.3) is 27.0 Å². The van der Waals surface area contributed by atoms with Crippen LogP contribution in [0.5, 0.6) is 0 Å². The van der Waals surface area contributed by atoms with Gasteiger partial charge in [-0.15, -0.1) is 11.3 Å². The molecule has 2 heterocycles. The van der Waals surface area contributed by atoms with Crippen LogP contribution in [0.4, 0.5) is 0 Å². The summed E-state index contributed by atoms with van der Waals surface area (Å²) in [4.78, 5) is 14.5. The summed E-state index contributed by atoms with van der Waals surface area (Å²) in [6.07, 6.45) is 0. The fourth-order valence-corrected chi connectivity index (χ4v) is 5.90. The molecule has 0 aliphatic rings. The number of hydrogen-bond donors (Lipinski definition) is 0. The van der Waals surface area contributed by atoms with Crippen molar-refractivity contribution in [3.63, 3.8) is 0 Å². The molecule has 0 aliphatic heterocycles. The normalized spacial score (nSPS) is 11.4. The molecule has 0 aliphatic carbocycles. The largest absolute Gasteiger partial charge is 0.288 e. The highest BCUT2D eigenvalue weighted by Gasteiger charge is 2.19. The Labute approximate surface area is 194 Å². The van der Waals surface area contributed by atoms with Gasteiger partial charge in [-0.05, 0) is 48.1 Å². The number of benzene rings is 3. The molecule has 0 unspecified atom stereocenters. The second-order valence-electron chi connectivity index (χ2n) is 6.87. The molecule has 0 spiro atoms. The molecule has 0 amide bonds. The lowest BCUT2D eigenvalue weighted by Crippen LogP contribution is -2.23. The van der Waals surface area contributed by atoms with E-state index in [9.17, 15) is 4.79 Å². The number of para-hydroxylation sites is 1. The van der Waals surface area contributed by atoms with Gasteiger partial charge in [-0.3, -0.25) is 13.8 Å². The summed E-state index contributed by atoms with van der Waals surface area (Å²) in [5, 5.41) is 1.27. The van der Waals surface area contributed by atoms with Gasteiger partial charge in [-0.25, -0.2) is 0 Å². The Morgan fingerprint density at radius 3 is 2.57 bits per heavy atom. The van der Waals surface area contributed by atoms with Gasteiger partial charge < -0.3 is 0 Å². The van der Waals surface area contributed by atoms with E-state index in [1.165, 1.54) is 11.3 Å². The van der Waals surface area contributed by atoms with Crippen LogP contribution in [0.2, 0.25) is 5.02 Å². The minimum atomic E-state index is -0.0494. The van der Waals surface area contributed by atoms with Crippen molar-refractivity contribution in [1.82, 2.24) is 8.97 Å². The molecule has 0 bridgehead atoms. The van der Waals surface area contributed by atoms with E-state index in [4.69, 9.17) is 23.8 Å². The number of hydrogen-bond acceptors (Lipinski definition) is 3. The zero-order chi connectivity index (χ0) is 20.8. The van der Waals surface area contributed by atoms with Crippen molar-refractivity contribution < 1.29 is 0 Å². The van der Waals surface area contributed by atoms with Gasteiger partial charge in [0.25, 0.3) is 5.56 Å². The second kappa shape index (κ2) is 7.78. The number of aromatic nitrogens is 2. The molecule has 0 saturated heterocycles. The summed E-state index contributed by atoms with van der Waals surface area (Å²) in [5.74, 6) is 0. The molecule has 3 nitrogen and oxygen atoms in total. The first-order valence-corrected chi connectivity index (χ1v) is 11.6. The van der Waals surface area contributed by atoms with Gasteiger partial charge in [0.1, 0.15) is 5.65 Å². The smallest absolute Gasteiger partial charge is 0.261 e. The third kappa shape index (κ3) is 3.24. The molecule has 30 heavy (non-hydrogen) atoms. The molecule has 3 aromatic carbocycles. The van der Waals surface area contributed by atoms with E-state index in [2.05, 4.69) is 15.9 Å². The molecule has 5 aromatic rings. The number of nitrogens with zero attached hydrogens (tertiary/aromatic N) is 2. The summed E-state index contributed by atoms with van der Waals surface area (Å²) in [5.41, 5.74) is 3.41. The van der Waals surface area contributed by atoms with Crippen LogP contribution in [0.1, 0.15) is 5.56 Å². The van der Waals surface area contributed by atoms with Crippen LogP contribution in [-0.4, -0.2) is 8.97 Å². The molecular formula is C23H14BrClN2OS2. The summed E-state index contributed by atoms with van der Waals surface area (Å²) in [6, 6.07) is 23.2. The van der Waals surface area contributed by atoms with Crippen LogP contribution in [-0.2, 0) is 6.54 Å². The Morgan fingerprint density at radius 1 is 1.00 bits per heavy atom. The average molecular weight is 514 g/mol. The van der Waals surface area contributed by atoms with Crippen LogP contribution < -0.4 is 5.56 Å². The Morgan fingerprint density at radius 2 is 1.77 bits per heavy atom. The molecule has 0 N–H and O–H groups in total. The van der Waals surface area contributed by atoms with E-state index in [1.807, 2.05) is 77.2 Å². The maximum Gasteiger partial charge on any atom is 0.261 e. The summed E-state index contributed by atoms with van der Waals surface area (Å²) in [7, 11) is 0. The van der Waals surface area contributed by atoms with E-state index < -0.39 is 0 Å². The topological polar surface area (TPSA) is 26.4 Å². The Balaban J connectivity index is 1.93. The maximum atomic E-state index is 13.6. The number of thiazole rings is 1. The monoisotopic (exact) mass is 512 g/mol. The zero-order valence-electron chi connectivity index (χ0n) is 15.5. The molecule has 5 rings (SSSR count). The van der Waals surface area contributed by atoms with E-state index in [0.29, 0.717) is 20.9 Å². The van der Waals surface area contributed by atoms with Gasteiger partial charge in [-0.2, -0.15) is 0 Å². The zero-order valence-corrected chi connectivity index (χ0v) is 19.5. The van der Waals surface area contributed by atoms with Gasteiger partial charge in [0, 0.05) is 15.1 Å². The highest BCUT2D eigenvalue weighted by Crippen LogP contribution is 2.37. The van der Waals surface area contributed by atoms with Crippen molar-refractivity contribution in [3.05, 3.63) is 102 Å². The lowest BCUT2D eigenvalue weighted by Gasteiger charge is -2.14. The third-order valence-corrected chi connectivity index (χ3v) is 7.23. The minimum Gasteiger partial charge on any atom is -0.288 e. The first-order chi connectivity index (χ1) is 14.5. The Bertz CT molecular complexity index is 1550. The van der Waals surface area contributed by atoms with Crippen LogP contribution >= 0.6 is 51.1 Å². The van der Waals surface area contributed by atoms with E-state index >= 15 is 0 Å². The van der Waals surface area contributed by atoms with E-state index in [0.717, 1.165) is 31.6 Å². The van der Waals surface area contributed by atoms with Gasteiger partial charge in [0.2, 0.25) is 0 Å². The second-order valence-corrected chi connectivity index (χ2v) is 9.84. The summed E-state index contributed by atoms with van der Waals surface area (Å²) in [6.45, 7) is 0.426. The molecule has 0 atom stereocenters. The minimum absolute atomic E-state index is 0.0494. The van der Waals surface area contributed by atoms with E-state index in [1.54, 1.807) is 4.57 Å². The molecule has 148 valence electrons. The first-order valence-electron chi connectivity index (χ1n) is 9.21. The van der Waals surface area contributed by atoms with Crippen molar-refractivity contribution >= 4 is 67.6 Å². The van der Waals surface area contributed by atoms with Crippen molar-refractivity contribution in [2.24, 2.45) is 0 Å². The van der Waals surface area contributed by atoms with Gasteiger partial charge in [0.15, 0.2) is 3.95 Å². The van der Waals surface area contributed by atoms with Gasteiger partial charge in [-0.1, -0.05) is 70.0 Å². The average Bonchev–Trinajstić information content (AvgIpc) is 3.08. The van der Waals surface area contributed by atoms with Crippen molar-refractivity contribution in [1.29, 1.82) is 0 Å². The van der Waals surface area contributed by atoms with E-state index in [-0.39, 0.29) is 5.56 Å². The molecular weight excluding hydrogens is 500 g/mol. The SMILES string of the molecule is O=c1c2ccccc2n2c(=S)sc(-c3ccccc3Cl)c2n1Cc1cccc(Br)c1. The molecule has 2 aromatic heterocycles. The molecule has 0 fully saturated rings. The van der Waals surface area contributed by atoms with Crippen molar-refractivity contribution in [3.8, 4) is 10.4 Å². The molecule has 7 heteroatoms. The lowest BCUT2D eigenvalue weighted by atomic mass is 10.1. The Kier molecular flexibility index (Phi) is 5.11. The maximum absolute atomic E-state index is 13.6. The fraction of sp³-hybridized carbons (Fsp3) is 0.0435. The predicted molar refractivity (Wildman–Crippen MR) is 132 cm³/mol. The number of fused-ring (bicyclic) bond motifs is 3. The number of rotatable bonds is 3. The van der Waals surface area contributed by atoms with Gasteiger partial charge in [0.05, 0.1) is 22.3 Å². The Hall–Kier alpha value is -2.25. The number of halogens is 2. The predicted octanol–water partition coefficient (Wildman–Crippen LogP) is 7.18. The molecule has 0 saturated carbocycles. The standard InChI is InChI=1S/C23H14BrClN2OS2/c24-15-7-5-6-14(12-15)13-26-21-20(16-8-1-3-10-18(16)25)30-23(29)27(21)19-11-4-2-9-17(19)22(26)28/h1-12H,13H2. The fourth-order valence-electron chi connectivity index (χ4n) is 3.70. The summed E-state index contributed by atoms with van der Waals surface area (Å²) < 4.78 is 5.44. The van der Waals surface area contributed by atoms with Gasteiger partial charge >= 0.3 is 0 Å². The van der Waals surface area contributed by atoms with Crippen molar-refractivity contribution in [2.45, 2.75) is 6.54 Å². The highest BCUT2D eigenvalue weighted by atomic mass is 79.9. The third-order valence-electron chi connectivity index (χ3n) is 5.01. The van der Waals surface area contributed by atoms with Crippen LogP contribution in [0.3, 0.4) is 0 Å². The van der Waals surface area contributed by atoms with Crippen LogP contribution in [0.15, 0.2) is 82.1 Å². The van der Waals surface area contributed by atoms with Crippen LogP contribution in [0, 0.1) is 3.95 Å². The lowest BCUT2D eigenvalue weighted by molar-refractivity contribution is 0.780. The highest BCUT2D eigenvalue weighted by molar-refractivity contribution is 9.10. The van der Waals surface area contributed by atoms with Crippen molar-refractivity contribution in [2.75, 3.05) is 0 Å².